The van der Waals surface area contributed by atoms with Crippen molar-refractivity contribution in [3.63, 3.8) is 0 Å². The quantitative estimate of drug-likeness (QED) is 0.503. The van der Waals surface area contributed by atoms with Crippen LogP contribution >= 0.6 is 0 Å². The molecule has 1 aliphatic carbocycles. The van der Waals surface area contributed by atoms with Crippen LogP contribution in [0, 0.1) is 11.8 Å². The van der Waals surface area contributed by atoms with Gasteiger partial charge in [0, 0.05) is 5.92 Å². The Labute approximate surface area is 59.9 Å². The van der Waals surface area contributed by atoms with Crippen LogP contribution in [-0.4, -0.2) is 12.0 Å². The van der Waals surface area contributed by atoms with Crippen molar-refractivity contribution in [1.29, 1.82) is 0 Å². The molecule has 0 aromatic heterocycles. The summed E-state index contributed by atoms with van der Waals surface area (Å²) in [6.45, 7) is 3.68. The number of alkyl halides is 1. The van der Waals surface area contributed by atoms with Gasteiger partial charge >= 0.3 is 0 Å². The van der Waals surface area contributed by atoms with E-state index >= 15 is 0 Å². The number of carbonyl (C=O) groups is 1. The van der Waals surface area contributed by atoms with E-state index in [4.69, 9.17) is 0 Å². The molecular formula is C8H11FO. The molecule has 0 saturated carbocycles. The van der Waals surface area contributed by atoms with Crippen LogP contribution in [0.15, 0.2) is 12.2 Å². The molecule has 0 radical (unpaired) electrons. The van der Waals surface area contributed by atoms with Crippen LogP contribution in [0.5, 0.6) is 0 Å². The second-order valence-electron chi connectivity index (χ2n) is 2.88. The Balaban J connectivity index is 2.79. The monoisotopic (exact) mass is 142 g/mol. The minimum atomic E-state index is -1.28. The second-order valence-corrected chi connectivity index (χ2v) is 2.88. The molecule has 0 aliphatic heterocycles. The summed E-state index contributed by atoms with van der Waals surface area (Å²) in [5.74, 6) is -0.351. The molecule has 1 nitrogen and oxygen atoms in total. The minimum absolute atomic E-state index is 0.155. The number of hydrogen-bond donors (Lipinski definition) is 0. The molecule has 0 aromatic rings. The van der Waals surface area contributed by atoms with Gasteiger partial charge < -0.3 is 0 Å². The standard InChI is InChI=1S/C8H11FO/c1-5-3-4-7(10)8(9)6(5)2/h3-6,8H,1-2H3. The van der Waals surface area contributed by atoms with Crippen molar-refractivity contribution in [2.45, 2.75) is 20.0 Å². The lowest BCUT2D eigenvalue weighted by molar-refractivity contribution is -0.121. The zero-order valence-electron chi connectivity index (χ0n) is 6.17. The van der Waals surface area contributed by atoms with Gasteiger partial charge in [0.15, 0.2) is 12.0 Å². The highest BCUT2D eigenvalue weighted by Crippen LogP contribution is 2.24. The molecule has 0 spiro atoms. The minimum Gasteiger partial charge on any atom is -0.292 e. The van der Waals surface area contributed by atoms with Crippen LogP contribution in [0.1, 0.15) is 13.8 Å². The molecule has 2 heteroatoms. The zero-order chi connectivity index (χ0) is 7.72. The third-order valence-corrected chi connectivity index (χ3v) is 2.13. The Morgan fingerprint density at radius 3 is 2.60 bits per heavy atom. The smallest absolute Gasteiger partial charge is 0.189 e. The van der Waals surface area contributed by atoms with Crippen LogP contribution in [0.25, 0.3) is 0 Å². The third kappa shape index (κ3) is 1.11. The van der Waals surface area contributed by atoms with Gasteiger partial charge in [0.25, 0.3) is 0 Å². The molecule has 0 aromatic carbocycles. The summed E-state index contributed by atoms with van der Waals surface area (Å²) < 4.78 is 12.8. The van der Waals surface area contributed by atoms with Crippen molar-refractivity contribution in [3.05, 3.63) is 12.2 Å². The normalized spacial score (nSPS) is 40.3. The van der Waals surface area contributed by atoms with Crippen LogP contribution < -0.4 is 0 Å². The second kappa shape index (κ2) is 2.52. The fourth-order valence-electron chi connectivity index (χ4n) is 1.04. The molecule has 10 heavy (non-hydrogen) atoms. The van der Waals surface area contributed by atoms with E-state index < -0.39 is 6.17 Å². The van der Waals surface area contributed by atoms with Gasteiger partial charge in [-0.2, -0.15) is 0 Å². The van der Waals surface area contributed by atoms with E-state index in [1.54, 1.807) is 13.0 Å². The number of carbonyl (C=O) groups excluding carboxylic acids is 1. The highest BCUT2D eigenvalue weighted by atomic mass is 19.1. The number of hydrogen-bond acceptors (Lipinski definition) is 1. The summed E-state index contributed by atoms with van der Waals surface area (Å²) in [7, 11) is 0. The van der Waals surface area contributed by atoms with Crippen LogP contribution in [-0.2, 0) is 4.79 Å². The van der Waals surface area contributed by atoms with Crippen molar-refractivity contribution in [3.8, 4) is 0 Å². The molecule has 3 atom stereocenters. The third-order valence-electron chi connectivity index (χ3n) is 2.13. The van der Waals surface area contributed by atoms with Crippen molar-refractivity contribution < 1.29 is 9.18 Å². The van der Waals surface area contributed by atoms with Gasteiger partial charge in [-0.3, -0.25) is 4.79 Å². The van der Waals surface area contributed by atoms with E-state index in [1.807, 2.05) is 6.92 Å². The van der Waals surface area contributed by atoms with Crippen molar-refractivity contribution in [1.82, 2.24) is 0 Å². The predicted molar refractivity (Wildman–Crippen MR) is 37.4 cm³/mol. The largest absolute Gasteiger partial charge is 0.292 e. The molecule has 3 unspecified atom stereocenters. The summed E-state index contributed by atoms with van der Waals surface area (Å²) >= 11 is 0. The van der Waals surface area contributed by atoms with E-state index in [9.17, 15) is 9.18 Å². The average molecular weight is 142 g/mol. The summed E-state index contributed by atoms with van der Waals surface area (Å²) in [5, 5.41) is 0. The Bertz CT molecular complexity index is 174. The average Bonchev–Trinajstić information content (AvgIpc) is 1.93. The first kappa shape index (κ1) is 7.45. The van der Waals surface area contributed by atoms with Crippen LogP contribution in [0.2, 0.25) is 0 Å². The van der Waals surface area contributed by atoms with Gasteiger partial charge in [-0.25, -0.2) is 4.39 Å². The maximum atomic E-state index is 12.8. The maximum absolute atomic E-state index is 12.8. The first-order valence-corrected chi connectivity index (χ1v) is 3.49. The summed E-state index contributed by atoms with van der Waals surface area (Å²) in [5.41, 5.74) is 0. The number of ketones is 1. The summed E-state index contributed by atoms with van der Waals surface area (Å²) in [4.78, 5) is 10.7. The number of rotatable bonds is 0. The van der Waals surface area contributed by atoms with E-state index in [2.05, 4.69) is 0 Å². The van der Waals surface area contributed by atoms with Crippen LogP contribution in [0.3, 0.4) is 0 Å². The molecule has 0 N–H and O–H groups in total. The molecule has 0 bridgehead atoms. The Hall–Kier alpha value is -0.660. The first-order chi connectivity index (χ1) is 4.63. The molecule has 0 heterocycles. The Morgan fingerprint density at radius 1 is 1.50 bits per heavy atom. The summed E-state index contributed by atoms with van der Waals surface area (Å²) in [6, 6.07) is 0. The molecule has 0 saturated heterocycles. The van der Waals surface area contributed by atoms with E-state index in [-0.39, 0.29) is 17.6 Å². The number of halogens is 1. The van der Waals surface area contributed by atoms with E-state index in [0.717, 1.165) is 0 Å². The topological polar surface area (TPSA) is 17.1 Å². The zero-order valence-corrected chi connectivity index (χ0v) is 6.17. The molecule has 0 amide bonds. The Morgan fingerprint density at radius 2 is 2.10 bits per heavy atom. The van der Waals surface area contributed by atoms with E-state index in [0.29, 0.717) is 0 Å². The number of allylic oxidation sites excluding steroid dienone is 2. The molecule has 1 rings (SSSR count). The van der Waals surface area contributed by atoms with Gasteiger partial charge in [0.1, 0.15) is 0 Å². The molecule has 0 fully saturated rings. The summed E-state index contributed by atoms with van der Waals surface area (Å²) in [6.07, 6.45) is 1.83. The first-order valence-electron chi connectivity index (χ1n) is 3.49. The molecule has 1 aliphatic rings. The van der Waals surface area contributed by atoms with E-state index in [1.165, 1.54) is 6.08 Å². The highest BCUT2D eigenvalue weighted by molar-refractivity contribution is 5.94. The van der Waals surface area contributed by atoms with Gasteiger partial charge in [-0.15, -0.1) is 0 Å². The molecule has 56 valence electrons. The van der Waals surface area contributed by atoms with Gasteiger partial charge in [0.05, 0.1) is 0 Å². The van der Waals surface area contributed by atoms with Gasteiger partial charge in [-0.1, -0.05) is 19.9 Å². The van der Waals surface area contributed by atoms with Crippen LogP contribution in [0.4, 0.5) is 4.39 Å². The fourth-order valence-corrected chi connectivity index (χ4v) is 1.04. The Kier molecular flexibility index (Phi) is 1.88. The maximum Gasteiger partial charge on any atom is 0.189 e. The van der Waals surface area contributed by atoms with Gasteiger partial charge in [-0.05, 0) is 12.0 Å². The fraction of sp³-hybridized carbons (Fsp3) is 0.625. The highest BCUT2D eigenvalue weighted by Gasteiger charge is 2.29. The van der Waals surface area contributed by atoms with Crippen molar-refractivity contribution in [2.24, 2.45) is 11.8 Å². The van der Waals surface area contributed by atoms with Crippen molar-refractivity contribution in [2.75, 3.05) is 0 Å². The van der Waals surface area contributed by atoms with Gasteiger partial charge in [0.2, 0.25) is 0 Å². The predicted octanol–water partition coefficient (Wildman–Crippen LogP) is 1.74. The molecular weight excluding hydrogens is 131 g/mol. The van der Waals surface area contributed by atoms with Crippen molar-refractivity contribution >= 4 is 5.78 Å². The lowest BCUT2D eigenvalue weighted by Gasteiger charge is -2.22. The SMILES string of the molecule is CC1C=CC(=O)C(F)C1C. The lowest BCUT2D eigenvalue weighted by atomic mass is 9.85. The lowest BCUT2D eigenvalue weighted by Crippen LogP contribution is -2.29.